The van der Waals surface area contributed by atoms with Crippen LogP contribution in [0.5, 0.6) is 5.75 Å². The van der Waals surface area contributed by atoms with Crippen LogP contribution in [0.1, 0.15) is 5.56 Å². The highest BCUT2D eigenvalue weighted by Gasteiger charge is 2.11. The van der Waals surface area contributed by atoms with Gasteiger partial charge >= 0.3 is 0 Å². The lowest BCUT2D eigenvalue weighted by Crippen LogP contribution is -2.30. The normalized spacial score (nSPS) is 10.6. The van der Waals surface area contributed by atoms with Crippen LogP contribution < -0.4 is 10.5 Å². The zero-order chi connectivity index (χ0) is 13.7. The molecule has 0 radical (unpaired) electrons. The molecule has 8 heteroatoms. The van der Waals surface area contributed by atoms with Crippen molar-refractivity contribution in [3.8, 4) is 5.75 Å². The molecule has 0 saturated heterocycles. The van der Waals surface area contributed by atoms with Crippen molar-refractivity contribution in [1.82, 2.24) is 4.90 Å². The largest absolute Gasteiger partial charge is 0.496 e. The molecule has 0 fully saturated rings. The van der Waals surface area contributed by atoms with E-state index in [1.807, 2.05) is 0 Å². The summed E-state index contributed by atoms with van der Waals surface area (Å²) < 4.78 is 5.13. The fourth-order valence-electron chi connectivity index (χ4n) is 1.31. The number of benzene rings is 1. The Labute approximate surface area is 128 Å². The van der Waals surface area contributed by atoms with E-state index in [0.717, 1.165) is 0 Å². The van der Waals surface area contributed by atoms with Gasteiger partial charge in [0, 0.05) is 31.8 Å². The van der Waals surface area contributed by atoms with Crippen molar-refractivity contribution in [1.29, 1.82) is 0 Å². The minimum absolute atomic E-state index is 0. The second-order valence-corrected chi connectivity index (χ2v) is 3.82. The number of guanidine groups is 1. The molecule has 7 nitrogen and oxygen atoms in total. The van der Waals surface area contributed by atoms with Crippen molar-refractivity contribution in [2.45, 2.75) is 6.54 Å². The summed E-state index contributed by atoms with van der Waals surface area (Å²) in [5.74, 6) is 0.902. The average Bonchev–Trinajstić information content (AvgIpc) is 2.35. The maximum atomic E-state index is 10.7. The lowest BCUT2D eigenvalue weighted by Gasteiger charge is -2.11. The van der Waals surface area contributed by atoms with E-state index in [1.165, 1.54) is 19.2 Å². The summed E-state index contributed by atoms with van der Waals surface area (Å²) in [5, 5.41) is 10.7. The van der Waals surface area contributed by atoms with Crippen LogP contribution in [0.3, 0.4) is 0 Å². The standard InChI is InChI=1S/C11H16N4O3.HI/c1-14(2)11(12)13-7-8-6-9(15(16)17)4-5-10(8)18-3;/h4-6H,7H2,1-3H3,(H2,12,13);1H. The van der Waals surface area contributed by atoms with Gasteiger partial charge in [0.15, 0.2) is 5.96 Å². The molecule has 1 rings (SSSR count). The number of ether oxygens (including phenoxy) is 1. The summed E-state index contributed by atoms with van der Waals surface area (Å²) in [4.78, 5) is 16.0. The van der Waals surface area contributed by atoms with Gasteiger partial charge in [0.25, 0.3) is 5.69 Å². The van der Waals surface area contributed by atoms with Crippen molar-refractivity contribution < 1.29 is 9.66 Å². The van der Waals surface area contributed by atoms with Gasteiger partial charge in [-0.2, -0.15) is 0 Å². The van der Waals surface area contributed by atoms with Crippen LogP contribution in [0.25, 0.3) is 0 Å². The molecule has 19 heavy (non-hydrogen) atoms. The lowest BCUT2D eigenvalue weighted by atomic mass is 10.2. The molecular formula is C11H17IN4O3. The van der Waals surface area contributed by atoms with E-state index in [2.05, 4.69) is 4.99 Å². The van der Waals surface area contributed by atoms with Crippen LogP contribution in [-0.2, 0) is 6.54 Å². The van der Waals surface area contributed by atoms with Gasteiger partial charge in [0.1, 0.15) is 5.75 Å². The Morgan fingerprint density at radius 2 is 2.16 bits per heavy atom. The van der Waals surface area contributed by atoms with Gasteiger partial charge < -0.3 is 15.4 Å². The number of nitro groups is 1. The minimum Gasteiger partial charge on any atom is -0.496 e. The van der Waals surface area contributed by atoms with Crippen LogP contribution in [0.15, 0.2) is 23.2 Å². The molecule has 1 aromatic rings. The predicted molar refractivity (Wildman–Crippen MR) is 84.1 cm³/mol. The number of methoxy groups -OCH3 is 1. The minimum atomic E-state index is -0.456. The maximum absolute atomic E-state index is 10.7. The van der Waals surface area contributed by atoms with Crippen LogP contribution in [0, 0.1) is 10.1 Å². The van der Waals surface area contributed by atoms with Crippen LogP contribution >= 0.6 is 24.0 Å². The predicted octanol–water partition coefficient (Wildman–Crippen LogP) is 1.60. The molecule has 0 amide bonds. The molecule has 0 aliphatic carbocycles. The first-order chi connectivity index (χ1) is 8.45. The zero-order valence-electron chi connectivity index (χ0n) is 11.0. The second kappa shape index (κ2) is 7.77. The van der Waals surface area contributed by atoms with E-state index in [4.69, 9.17) is 10.5 Å². The Morgan fingerprint density at radius 3 is 2.63 bits per heavy atom. The van der Waals surface area contributed by atoms with E-state index >= 15 is 0 Å². The highest BCUT2D eigenvalue weighted by atomic mass is 127. The molecule has 0 aliphatic rings. The number of non-ortho nitro benzene ring substituents is 1. The summed E-state index contributed by atoms with van der Waals surface area (Å²) in [6, 6.07) is 4.38. The fraction of sp³-hybridized carbons (Fsp3) is 0.364. The van der Waals surface area contributed by atoms with Crippen molar-refractivity contribution in [2.24, 2.45) is 10.7 Å². The van der Waals surface area contributed by atoms with Crippen molar-refractivity contribution >= 4 is 35.6 Å². The van der Waals surface area contributed by atoms with Crippen molar-refractivity contribution in [3.63, 3.8) is 0 Å². The molecule has 2 N–H and O–H groups in total. The molecule has 1 aromatic carbocycles. The molecule has 106 valence electrons. The Morgan fingerprint density at radius 1 is 1.53 bits per heavy atom. The van der Waals surface area contributed by atoms with Gasteiger partial charge in [-0.25, -0.2) is 4.99 Å². The van der Waals surface area contributed by atoms with Gasteiger partial charge in [-0.3, -0.25) is 10.1 Å². The number of hydrogen-bond donors (Lipinski definition) is 1. The van der Waals surface area contributed by atoms with Crippen molar-refractivity contribution in [3.05, 3.63) is 33.9 Å². The number of rotatable bonds is 4. The fourth-order valence-corrected chi connectivity index (χ4v) is 1.31. The third kappa shape index (κ3) is 4.89. The second-order valence-electron chi connectivity index (χ2n) is 3.82. The lowest BCUT2D eigenvalue weighted by molar-refractivity contribution is -0.384. The van der Waals surface area contributed by atoms with E-state index in [9.17, 15) is 10.1 Å². The van der Waals surface area contributed by atoms with E-state index < -0.39 is 4.92 Å². The molecule has 0 spiro atoms. The summed E-state index contributed by atoms with van der Waals surface area (Å²) in [7, 11) is 5.04. The van der Waals surface area contributed by atoms with E-state index in [1.54, 1.807) is 25.1 Å². The van der Waals surface area contributed by atoms with Crippen LogP contribution in [-0.4, -0.2) is 37.0 Å². The first-order valence-electron chi connectivity index (χ1n) is 5.24. The third-order valence-corrected chi connectivity index (χ3v) is 2.34. The Balaban J connectivity index is 0.00000324. The Hall–Kier alpha value is -1.58. The number of nitro benzene ring substituents is 1. The number of hydrogen-bond acceptors (Lipinski definition) is 4. The van der Waals surface area contributed by atoms with Crippen LogP contribution in [0.4, 0.5) is 5.69 Å². The highest BCUT2D eigenvalue weighted by molar-refractivity contribution is 14.0. The van der Waals surface area contributed by atoms with E-state index in [0.29, 0.717) is 17.3 Å². The van der Waals surface area contributed by atoms with Crippen molar-refractivity contribution in [2.75, 3.05) is 21.2 Å². The molecule has 0 heterocycles. The Bertz CT molecular complexity index is 477. The zero-order valence-corrected chi connectivity index (χ0v) is 13.3. The summed E-state index contributed by atoms with van der Waals surface area (Å²) in [6.45, 7) is 0.231. The summed E-state index contributed by atoms with van der Waals surface area (Å²) in [5.41, 5.74) is 6.28. The molecule has 0 saturated carbocycles. The van der Waals surface area contributed by atoms with Gasteiger partial charge in [0.2, 0.25) is 0 Å². The van der Waals surface area contributed by atoms with Gasteiger partial charge in [-0.05, 0) is 6.07 Å². The quantitative estimate of drug-likeness (QED) is 0.282. The SMILES string of the molecule is COc1ccc([N+](=O)[O-])cc1CN=C(N)N(C)C.I. The monoisotopic (exact) mass is 380 g/mol. The molecule has 0 aromatic heterocycles. The number of nitrogens with zero attached hydrogens (tertiary/aromatic N) is 3. The summed E-state index contributed by atoms with van der Waals surface area (Å²) in [6.07, 6.45) is 0. The molecular weight excluding hydrogens is 363 g/mol. The average molecular weight is 380 g/mol. The Kier molecular flexibility index (Phi) is 7.12. The highest BCUT2D eigenvalue weighted by Crippen LogP contribution is 2.24. The topological polar surface area (TPSA) is 94.0 Å². The molecule has 0 aliphatic heterocycles. The van der Waals surface area contributed by atoms with Gasteiger partial charge in [0.05, 0.1) is 18.6 Å². The number of halogens is 1. The number of nitrogens with two attached hydrogens (primary N) is 1. The maximum Gasteiger partial charge on any atom is 0.270 e. The first-order valence-corrected chi connectivity index (χ1v) is 5.24. The first kappa shape index (κ1) is 17.4. The number of aliphatic imine (C=N–C) groups is 1. The van der Waals surface area contributed by atoms with E-state index in [-0.39, 0.29) is 36.2 Å². The summed E-state index contributed by atoms with van der Waals surface area (Å²) >= 11 is 0. The molecule has 0 bridgehead atoms. The van der Waals surface area contributed by atoms with Gasteiger partial charge in [-0.15, -0.1) is 24.0 Å². The van der Waals surface area contributed by atoms with Crippen LogP contribution in [0.2, 0.25) is 0 Å². The smallest absolute Gasteiger partial charge is 0.270 e. The van der Waals surface area contributed by atoms with Gasteiger partial charge in [-0.1, -0.05) is 0 Å². The third-order valence-electron chi connectivity index (χ3n) is 2.34. The molecule has 0 atom stereocenters. The molecule has 0 unspecified atom stereocenters.